The molecule has 1 unspecified atom stereocenters. The molecule has 0 spiro atoms. The summed E-state index contributed by atoms with van der Waals surface area (Å²) in [6.45, 7) is 0. The highest BCUT2D eigenvalue weighted by molar-refractivity contribution is 5.99. The summed E-state index contributed by atoms with van der Waals surface area (Å²) in [5, 5.41) is 8.18. The highest BCUT2D eigenvalue weighted by Gasteiger charge is 2.39. The molecule has 3 aromatic rings. The number of allylic oxidation sites excluding steroid dienone is 2. The number of Topliss-reactive ketones (excluding diaryl/α,β-unsaturated/α-hetero) is 1. The van der Waals surface area contributed by atoms with Crippen LogP contribution < -0.4 is 24.3 Å². The Bertz CT molecular complexity index is 1300. The Morgan fingerprint density at radius 2 is 1.71 bits per heavy atom. The van der Waals surface area contributed by atoms with Gasteiger partial charge in [0.15, 0.2) is 23.1 Å². The van der Waals surface area contributed by atoms with Crippen molar-refractivity contribution in [3.8, 4) is 34.4 Å². The van der Waals surface area contributed by atoms with E-state index in [1.54, 1.807) is 39.2 Å². The largest absolute Gasteiger partial charge is 0.497 e. The van der Waals surface area contributed by atoms with Crippen LogP contribution in [-0.2, 0) is 4.79 Å². The SMILES string of the molecule is COc1cccc(-c2nc3n(n2)C(c2cc(OC)c(OC)cc2OC)C2=C(CCCC2=O)N3)c1. The van der Waals surface area contributed by atoms with Gasteiger partial charge in [0, 0.05) is 34.9 Å². The molecular weight excluding hydrogens is 436 g/mol. The fourth-order valence-electron chi connectivity index (χ4n) is 4.59. The van der Waals surface area contributed by atoms with E-state index in [1.165, 1.54) is 0 Å². The Hall–Kier alpha value is -4.01. The third-order valence-electron chi connectivity index (χ3n) is 6.23. The summed E-state index contributed by atoms with van der Waals surface area (Å²) in [7, 11) is 6.36. The number of nitrogens with zero attached hydrogens (tertiary/aromatic N) is 3. The second-order valence-corrected chi connectivity index (χ2v) is 8.08. The van der Waals surface area contributed by atoms with Crippen LogP contribution in [0.1, 0.15) is 30.9 Å². The highest BCUT2D eigenvalue weighted by Crippen LogP contribution is 2.46. The van der Waals surface area contributed by atoms with E-state index in [2.05, 4.69) is 5.32 Å². The van der Waals surface area contributed by atoms with Crippen molar-refractivity contribution in [3.05, 3.63) is 53.2 Å². The summed E-state index contributed by atoms with van der Waals surface area (Å²) in [6, 6.07) is 10.7. The van der Waals surface area contributed by atoms with Crippen LogP contribution in [0.3, 0.4) is 0 Å². The lowest BCUT2D eigenvalue weighted by Crippen LogP contribution is -2.31. The smallest absolute Gasteiger partial charge is 0.226 e. The van der Waals surface area contributed by atoms with E-state index >= 15 is 0 Å². The fraction of sp³-hybridized carbons (Fsp3) is 0.320. The number of hydrogen-bond acceptors (Lipinski definition) is 8. The van der Waals surface area contributed by atoms with E-state index in [9.17, 15) is 4.79 Å². The maximum atomic E-state index is 13.2. The van der Waals surface area contributed by atoms with Gasteiger partial charge >= 0.3 is 0 Å². The molecule has 2 heterocycles. The average molecular weight is 463 g/mol. The Balaban J connectivity index is 1.72. The second kappa shape index (κ2) is 8.74. The molecule has 0 fully saturated rings. The van der Waals surface area contributed by atoms with Crippen molar-refractivity contribution in [2.45, 2.75) is 25.3 Å². The maximum absolute atomic E-state index is 13.2. The number of benzene rings is 2. The summed E-state index contributed by atoms with van der Waals surface area (Å²) in [6.07, 6.45) is 2.03. The third kappa shape index (κ3) is 3.53. The molecule has 34 heavy (non-hydrogen) atoms. The van der Waals surface area contributed by atoms with E-state index < -0.39 is 6.04 Å². The van der Waals surface area contributed by atoms with Crippen LogP contribution in [0.4, 0.5) is 5.95 Å². The van der Waals surface area contributed by atoms with E-state index in [0.717, 1.165) is 29.7 Å². The lowest BCUT2D eigenvalue weighted by atomic mass is 9.85. The van der Waals surface area contributed by atoms with Crippen molar-refractivity contribution in [1.82, 2.24) is 14.8 Å². The molecule has 0 radical (unpaired) electrons. The second-order valence-electron chi connectivity index (χ2n) is 8.08. The first-order chi connectivity index (χ1) is 16.6. The molecule has 1 atom stereocenters. The molecule has 1 aromatic heterocycles. The molecular formula is C25H26N4O5. The normalized spacial score (nSPS) is 16.9. The molecule has 1 aliphatic carbocycles. The molecule has 9 nitrogen and oxygen atoms in total. The number of rotatable bonds is 6. The Labute approximate surface area is 197 Å². The van der Waals surface area contributed by atoms with Gasteiger partial charge in [-0.3, -0.25) is 4.79 Å². The Morgan fingerprint density at radius 3 is 2.44 bits per heavy atom. The van der Waals surface area contributed by atoms with Gasteiger partial charge in [-0.1, -0.05) is 12.1 Å². The molecule has 1 aliphatic heterocycles. The van der Waals surface area contributed by atoms with Crippen LogP contribution in [0.5, 0.6) is 23.0 Å². The van der Waals surface area contributed by atoms with Gasteiger partial charge in [-0.2, -0.15) is 4.98 Å². The lowest BCUT2D eigenvalue weighted by Gasteiger charge is -2.33. The van der Waals surface area contributed by atoms with Crippen LogP contribution in [0.25, 0.3) is 11.4 Å². The zero-order valence-corrected chi connectivity index (χ0v) is 19.5. The number of methoxy groups -OCH3 is 4. The van der Waals surface area contributed by atoms with Gasteiger partial charge in [0.2, 0.25) is 5.95 Å². The van der Waals surface area contributed by atoms with Gasteiger partial charge in [-0.25, -0.2) is 4.68 Å². The molecule has 0 bridgehead atoms. The van der Waals surface area contributed by atoms with E-state index in [4.69, 9.17) is 29.0 Å². The molecule has 5 rings (SSSR count). The fourth-order valence-corrected chi connectivity index (χ4v) is 4.59. The van der Waals surface area contributed by atoms with Gasteiger partial charge in [-0.15, -0.1) is 5.10 Å². The summed E-state index contributed by atoms with van der Waals surface area (Å²) in [5.74, 6) is 3.53. The summed E-state index contributed by atoms with van der Waals surface area (Å²) < 4.78 is 23.9. The molecule has 1 N–H and O–H groups in total. The number of hydrogen-bond donors (Lipinski definition) is 1. The minimum Gasteiger partial charge on any atom is -0.497 e. The summed E-state index contributed by atoms with van der Waals surface area (Å²) in [4.78, 5) is 17.9. The van der Waals surface area contributed by atoms with Crippen LogP contribution >= 0.6 is 0 Å². The Morgan fingerprint density at radius 1 is 0.941 bits per heavy atom. The van der Waals surface area contributed by atoms with Crippen LogP contribution in [0.15, 0.2) is 47.7 Å². The van der Waals surface area contributed by atoms with Crippen molar-refractivity contribution in [1.29, 1.82) is 0 Å². The van der Waals surface area contributed by atoms with Gasteiger partial charge in [0.25, 0.3) is 0 Å². The number of fused-ring (bicyclic) bond motifs is 1. The van der Waals surface area contributed by atoms with E-state index in [1.807, 2.05) is 30.3 Å². The Kier molecular flexibility index (Phi) is 5.61. The van der Waals surface area contributed by atoms with E-state index in [0.29, 0.717) is 46.8 Å². The molecule has 0 saturated carbocycles. The van der Waals surface area contributed by atoms with Crippen molar-refractivity contribution in [2.24, 2.45) is 0 Å². The first-order valence-electron chi connectivity index (χ1n) is 11.0. The zero-order valence-electron chi connectivity index (χ0n) is 19.5. The summed E-state index contributed by atoms with van der Waals surface area (Å²) >= 11 is 0. The van der Waals surface area contributed by atoms with Gasteiger partial charge < -0.3 is 24.3 Å². The predicted molar refractivity (Wildman–Crippen MR) is 126 cm³/mol. The molecule has 9 heteroatoms. The van der Waals surface area contributed by atoms with Crippen molar-refractivity contribution in [2.75, 3.05) is 33.8 Å². The summed E-state index contributed by atoms with van der Waals surface area (Å²) in [5.41, 5.74) is 3.10. The molecule has 0 amide bonds. The van der Waals surface area contributed by atoms with Crippen molar-refractivity contribution >= 4 is 11.7 Å². The van der Waals surface area contributed by atoms with Crippen molar-refractivity contribution < 1.29 is 23.7 Å². The molecule has 176 valence electrons. The number of nitrogens with one attached hydrogen (secondary N) is 1. The minimum atomic E-state index is -0.527. The van der Waals surface area contributed by atoms with Crippen LogP contribution in [-0.4, -0.2) is 49.0 Å². The number of carbonyl (C=O) groups is 1. The lowest BCUT2D eigenvalue weighted by molar-refractivity contribution is -0.116. The molecule has 2 aromatic carbocycles. The first kappa shape index (κ1) is 21.8. The first-order valence-corrected chi connectivity index (χ1v) is 11.0. The number of carbonyl (C=O) groups excluding carboxylic acids is 1. The molecule has 2 aliphatic rings. The van der Waals surface area contributed by atoms with Crippen molar-refractivity contribution in [3.63, 3.8) is 0 Å². The zero-order chi connectivity index (χ0) is 23.8. The third-order valence-corrected chi connectivity index (χ3v) is 6.23. The average Bonchev–Trinajstić information content (AvgIpc) is 3.30. The highest BCUT2D eigenvalue weighted by atomic mass is 16.5. The van der Waals surface area contributed by atoms with Crippen LogP contribution in [0, 0.1) is 0 Å². The maximum Gasteiger partial charge on any atom is 0.226 e. The minimum absolute atomic E-state index is 0.0830. The van der Waals surface area contributed by atoms with Gasteiger partial charge in [0.1, 0.15) is 17.5 Å². The van der Waals surface area contributed by atoms with Crippen LogP contribution in [0.2, 0.25) is 0 Å². The number of aromatic nitrogens is 3. The molecule has 0 saturated heterocycles. The number of ether oxygens (including phenoxy) is 4. The van der Waals surface area contributed by atoms with Gasteiger partial charge in [-0.05, 0) is 31.0 Å². The quantitative estimate of drug-likeness (QED) is 0.587. The van der Waals surface area contributed by atoms with Gasteiger partial charge in [0.05, 0.1) is 28.4 Å². The standard InChI is InChI=1S/C25H26N4O5/c1-31-15-8-5-7-14(11-15)24-27-25-26-17-9-6-10-18(30)22(17)23(29(25)28-24)16-12-20(33-3)21(34-4)13-19(16)32-2/h5,7-8,11-13,23H,6,9-10H2,1-4H3,(H,26,27,28). The van der Waals surface area contributed by atoms with E-state index in [-0.39, 0.29) is 5.78 Å². The monoisotopic (exact) mass is 462 g/mol. The topological polar surface area (TPSA) is 96.7 Å². The predicted octanol–water partition coefficient (Wildman–Crippen LogP) is 4.00. The number of anilines is 1. The number of ketones is 1.